The lowest BCUT2D eigenvalue weighted by Crippen LogP contribution is -2.64. The van der Waals surface area contributed by atoms with E-state index < -0.39 is 0 Å². The van der Waals surface area contributed by atoms with E-state index in [1.165, 1.54) is 12.8 Å². The molecule has 0 N–H and O–H groups in total. The van der Waals surface area contributed by atoms with Gasteiger partial charge in [0.2, 0.25) is 0 Å². The quantitative estimate of drug-likeness (QED) is 0.801. The molecule has 1 amide bonds. The molecular weight excluding hydrogens is 224 g/mol. The zero-order chi connectivity index (χ0) is 12.8. The summed E-state index contributed by atoms with van der Waals surface area (Å²) in [6, 6.07) is 5.51. The van der Waals surface area contributed by atoms with Crippen LogP contribution in [0.5, 0.6) is 0 Å². The van der Waals surface area contributed by atoms with E-state index in [1.807, 2.05) is 17.0 Å². The Morgan fingerprint density at radius 2 is 2.11 bits per heavy atom. The first-order valence-corrected chi connectivity index (χ1v) is 6.80. The second-order valence-corrected chi connectivity index (χ2v) is 6.29. The lowest BCUT2D eigenvalue weighted by atomic mass is 9.55. The minimum absolute atomic E-state index is 0.0919. The maximum Gasteiger partial charge on any atom is 0.272 e. The summed E-state index contributed by atoms with van der Waals surface area (Å²) >= 11 is 0. The van der Waals surface area contributed by atoms with Gasteiger partial charge in [0, 0.05) is 24.7 Å². The van der Waals surface area contributed by atoms with E-state index in [1.54, 1.807) is 12.3 Å². The smallest absolute Gasteiger partial charge is 0.272 e. The number of carbonyl (C=O) groups is 1. The summed E-state index contributed by atoms with van der Waals surface area (Å²) in [6.45, 7) is 6.47. The van der Waals surface area contributed by atoms with Crippen LogP contribution in [0.3, 0.4) is 0 Å². The number of nitrogens with zero attached hydrogens (tertiary/aromatic N) is 2. The summed E-state index contributed by atoms with van der Waals surface area (Å²) in [5, 5.41) is 0. The molecule has 1 aromatic rings. The molecule has 0 atom stereocenters. The fourth-order valence-corrected chi connectivity index (χ4v) is 3.34. The maximum atomic E-state index is 12.1. The molecule has 3 nitrogen and oxygen atoms in total. The van der Waals surface area contributed by atoms with Gasteiger partial charge < -0.3 is 4.90 Å². The molecule has 1 aliphatic carbocycles. The van der Waals surface area contributed by atoms with Gasteiger partial charge in [0.05, 0.1) is 0 Å². The third kappa shape index (κ3) is 1.82. The average molecular weight is 244 g/mol. The van der Waals surface area contributed by atoms with E-state index in [-0.39, 0.29) is 5.91 Å². The number of carbonyl (C=O) groups excluding carboxylic acids is 1. The van der Waals surface area contributed by atoms with Gasteiger partial charge in [-0.2, -0.15) is 0 Å². The fourth-order valence-electron chi connectivity index (χ4n) is 3.34. The molecule has 1 saturated carbocycles. The molecule has 3 rings (SSSR count). The van der Waals surface area contributed by atoms with Crippen LogP contribution in [0.2, 0.25) is 0 Å². The van der Waals surface area contributed by atoms with Crippen molar-refractivity contribution < 1.29 is 4.79 Å². The Morgan fingerprint density at radius 1 is 1.39 bits per heavy atom. The Labute approximate surface area is 108 Å². The summed E-state index contributed by atoms with van der Waals surface area (Å²) < 4.78 is 0. The molecule has 2 fully saturated rings. The Balaban J connectivity index is 1.56. The number of aromatic nitrogens is 1. The van der Waals surface area contributed by atoms with Crippen LogP contribution in [0.1, 0.15) is 37.2 Å². The summed E-state index contributed by atoms with van der Waals surface area (Å²) in [5.74, 6) is 1.75. The Morgan fingerprint density at radius 3 is 2.67 bits per heavy atom. The predicted octanol–water partition coefficient (Wildman–Crippen LogP) is 2.59. The molecule has 96 valence electrons. The number of hydrogen-bond donors (Lipinski definition) is 0. The molecule has 1 aliphatic heterocycles. The van der Waals surface area contributed by atoms with Gasteiger partial charge in [0.15, 0.2) is 0 Å². The van der Waals surface area contributed by atoms with Crippen molar-refractivity contribution in [2.75, 3.05) is 13.1 Å². The lowest BCUT2D eigenvalue weighted by molar-refractivity contribution is -0.0885. The first-order chi connectivity index (χ1) is 8.60. The van der Waals surface area contributed by atoms with Crippen molar-refractivity contribution in [3.05, 3.63) is 30.1 Å². The van der Waals surface area contributed by atoms with E-state index in [2.05, 4.69) is 18.8 Å². The second-order valence-electron chi connectivity index (χ2n) is 6.29. The molecular formula is C15H20N2O. The van der Waals surface area contributed by atoms with Crippen LogP contribution >= 0.6 is 0 Å². The number of rotatable bonds is 2. The summed E-state index contributed by atoms with van der Waals surface area (Å²) in [7, 11) is 0. The highest BCUT2D eigenvalue weighted by atomic mass is 16.2. The van der Waals surface area contributed by atoms with Crippen LogP contribution in [0.4, 0.5) is 0 Å². The number of likely N-dealkylation sites (tertiary alicyclic amines) is 1. The van der Waals surface area contributed by atoms with Crippen molar-refractivity contribution in [1.82, 2.24) is 9.88 Å². The average Bonchev–Trinajstić information content (AvgIpc) is 2.25. The minimum Gasteiger partial charge on any atom is -0.336 e. The molecule has 1 spiro atoms. The van der Waals surface area contributed by atoms with E-state index in [9.17, 15) is 4.79 Å². The van der Waals surface area contributed by atoms with Crippen molar-refractivity contribution in [3.8, 4) is 0 Å². The summed E-state index contributed by atoms with van der Waals surface area (Å²) in [4.78, 5) is 18.2. The van der Waals surface area contributed by atoms with Gasteiger partial charge >= 0.3 is 0 Å². The fraction of sp³-hybridized carbons (Fsp3) is 0.600. The monoisotopic (exact) mass is 244 g/mol. The minimum atomic E-state index is 0.0919. The molecule has 0 unspecified atom stereocenters. The number of hydrogen-bond acceptors (Lipinski definition) is 2. The molecule has 0 bridgehead atoms. The van der Waals surface area contributed by atoms with E-state index in [0.29, 0.717) is 11.1 Å². The van der Waals surface area contributed by atoms with Gasteiger partial charge in [-0.25, -0.2) is 0 Å². The van der Waals surface area contributed by atoms with Crippen LogP contribution in [0, 0.1) is 17.3 Å². The van der Waals surface area contributed by atoms with Gasteiger partial charge in [-0.3, -0.25) is 9.78 Å². The first kappa shape index (κ1) is 11.7. The molecule has 0 radical (unpaired) electrons. The maximum absolute atomic E-state index is 12.1. The van der Waals surface area contributed by atoms with Crippen LogP contribution in [0.15, 0.2) is 24.4 Å². The highest BCUT2D eigenvalue weighted by molar-refractivity contribution is 5.92. The molecule has 0 aromatic carbocycles. The molecule has 2 heterocycles. The first-order valence-electron chi connectivity index (χ1n) is 6.80. The topological polar surface area (TPSA) is 33.2 Å². The molecule has 1 saturated heterocycles. The van der Waals surface area contributed by atoms with Crippen LogP contribution in [-0.4, -0.2) is 28.9 Å². The molecule has 2 aliphatic rings. The largest absolute Gasteiger partial charge is 0.336 e. The zero-order valence-electron chi connectivity index (χ0n) is 11.1. The summed E-state index contributed by atoms with van der Waals surface area (Å²) in [6.07, 6.45) is 4.29. The van der Waals surface area contributed by atoms with Gasteiger partial charge in [-0.05, 0) is 36.8 Å². The number of amides is 1. The standard InChI is InChI=1S/C15H20N2O/c1-11(2)12-7-15(8-12)9-17(10-15)14(18)13-5-3-4-6-16-13/h3-6,11-12H,7-10H2,1-2H3. The normalized spacial score (nSPS) is 21.8. The molecule has 1 aromatic heterocycles. The van der Waals surface area contributed by atoms with Gasteiger partial charge in [0.25, 0.3) is 5.91 Å². The second kappa shape index (κ2) is 4.08. The van der Waals surface area contributed by atoms with Crippen molar-refractivity contribution in [1.29, 1.82) is 0 Å². The van der Waals surface area contributed by atoms with E-state index >= 15 is 0 Å². The van der Waals surface area contributed by atoms with Crippen LogP contribution in [-0.2, 0) is 0 Å². The van der Waals surface area contributed by atoms with Crippen LogP contribution < -0.4 is 0 Å². The van der Waals surface area contributed by atoms with Crippen molar-refractivity contribution in [3.63, 3.8) is 0 Å². The Bertz CT molecular complexity index is 441. The summed E-state index contributed by atoms with van der Waals surface area (Å²) in [5.41, 5.74) is 1.03. The highest BCUT2D eigenvalue weighted by Crippen LogP contribution is 2.54. The van der Waals surface area contributed by atoms with Crippen LogP contribution in [0.25, 0.3) is 0 Å². The Kier molecular flexibility index (Phi) is 2.65. The van der Waals surface area contributed by atoms with Gasteiger partial charge in [0.1, 0.15) is 5.69 Å². The van der Waals surface area contributed by atoms with Crippen molar-refractivity contribution in [2.45, 2.75) is 26.7 Å². The van der Waals surface area contributed by atoms with E-state index in [0.717, 1.165) is 24.9 Å². The van der Waals surface area contributed by atoms with Crippen molar-refractivity contribution in [2.24, 2.45) is 17.3 Å². The molecule has 18 heavy (non-hydrogen) atoms. The highest BCUT2D eigenvalue weighted by Gasteiger charge is 2.54. The van der Waals surface area contributed by atoms with E-state index in [4.69, 9.17) is 0 Å². The van der Waals surface area contributed by atoms with Gasteiger partial charge in [-0.15, -0.1) is 0 Å². The third-order valence-electron chi connectivity index (χ3n) is 4.56. The molecule has 3 heteroatoms. The van der Waals surface area contributed by atoms with Crippen molar-refractivity contribution >= 4 is 5.91 Å². The Hall–Kier alpha value is -1.38. The zero-order valence-corrected chi connectivity index (χ0v) is 11.1. The lowest BCUT2D eigenvalue weighted by Gasteiger charge is -2.60. The predicted molar refractivity (Wildman–Crippen MR) is 70.1 cm³/mol. The number of pyridine rings is 1. The third-order valence-corrected chi connectivity index (χ3v) is 4.56. The van der Waals surface area contributed by atoms with Gasteiger partial charge in [-0.1, -0.05) is 19.9 Å². The SMILES string of the molecule is CC(C)C1CC2(C1)CN(C(=O)c1ccccn1)C2.